The van der Waals surface area contributed by atoms with Gasteiger partial charge in [-0.25, -0.2) is 4.99 Å². The van der Waals surface area contributed by atoms with Crippen LogP contribution in [-0.4, -0.2) is 78.9 Å². The number of carbonyl (C=O) groups is 2. The molecule has 1 unspecified atom stereocenters. The first-order valence-corrected chi connectivity index (χ1v) is 10.5. The van der Waals surface area contributed by atoms with Gasteiger partial charge in [0.25, 0.3) is 11.8 Å². The van der Waals surface area contributed by atoms with Gasteiger partial charge in [0.1, 0.15) is 18.0 Å². The van der Waals surface area contributed by atoms with Crippen molar-refractivity contribution in [2.75, 3.05) is 40.4 Å². The Morgan fingerprint density at radius 2 is 1.97 bits per heavy atom. The van der Waals surface area contributed by atoms with Crippen molar-refractivity contribution in [1.82, 2.24) is 9.80 Å². The summed E-state index contributed by atoms with van der Waals surface area (Å²) >= 11 is 0. The lowest BCUT2D eigenvalue weighted by atomic mass is 9.95. The van der Waals surface area contributed by atoms with E-state index in [1.807, 2.05) is 49.4 Å². The monoisotopic (exact) mass is 433 g/mol. The fourth-order valence-electron chi connectivity index (χ4n) is 4.17. The smallest absolute Gasteiger partial charge is 0.265 e. The largest absolute Gasteiger partial charge is 0.491 e. The second-order valence-corrected chi connectivity index (χ2v) is 8.09. The van der Waals surface area contributed by atoms with Gasteiger partial charge in [0.05, 0.1) is 23.4 Å². The van der Waals surface area contributed by atoms with Crippen LogP contribution in [0.5, 0.6) is 11.5 Å². The van der Waals surface area contributed by atoms with Gasteiger partial charge in [0, 0.05) is 23.9 Å². The number of ether oxygens (including phenoxy) is 2. The van der Waals surface area contributed by atoms with Gasteiger partial charge in [-0.3, -0.25) is 14.5 Å². The molecule has 0 bridgehead atoms. The number of aliphatic hydroxyl groups is 1. The summed E-state index contributed by atoms with van der Waals surface area (Å²) in [6.07, 6.45) is 7.10. The molecule has 164 valence electrons. The van der Waals surface area contributed by atoms with Gasteiger partial charge in [-0.1, -0.05) is 12.2 Å². The van der Waals surface area contributed by atoms with Crippen LogP contribution < -0.4 is 9.47 Å². The minimum atomic E-state index is -0.403. The Labute approximate surface area is 185 Å². The molecule has 8 heteroatoms. The Kier molecular flexibility index (Phi) is 5.03. The number of imide groups is 1. The van der Waals surface area contributed by atoms with Gasteiger partial charge in [0.2, 0.25) is 0 Å². The van der Waals surface area contributed by atoms with Crippen molar-refractivity contribution in [3.63, 3.8) is 0 Å². The molecule has 8 nitrogen and oxygen atoms in total. The zero-order chi connectivity index (χ0) is 22.4. The first-order valence-electron chi connectivity index (χ1n) is 10.5. The van der Waals surface area contributed by atoms with Gasteiger partial charge in [-0.2, -0.15) is 0 Å². The van der Waals surface area contributed by atoms with Crippen LogP contribution in [0, 0.1) is 0 Å². The Bertz CT molecular complexity index is 1230. The summed E-state index contributed by atoms with van der Waals surface area (Å²) in [5.41, 5.74) is 1.84. The van der Waals surface area contributed by atoms with Crippen LogP contribution in [0.2, 0.25) is 0 Å². The van der Waals surface area contributed by atoms with E-state index >= 15 is 0 Å². The minimum Gasteiger partial charge on any atom is -0.491 e. The molecule has 2 amide bonds. The van der Waals surface area contributed by atoms with E-state index in [1.165, 1.54) is 4.90 Å². The average molecular weight is 433 g/mol. The van der Waals surface area contributed by atoms with E-state index in [1.54, 1.807) is 12.1 Å². The molecule has 0 spiro atoms. The van der Waals surface area contributed by atoms with Crippen molar-refractivity contribution in [3.8, 4) is 11.5 Å². The molecule has 1 atom stereocenters. The lowest BCUT2D eigenvalue weighted by Crippen LogP contribution is -2.36. The third-order valence-corrected chi connectivity index (χ3v) is 5.70. The van der Waals surface area contributed by atoms with Gasteiger partial charge >= 0.3 is 0 Å². The summed E-state index contributed by atoms with van der Waals surface area (Å²) in [5, 5.41) is 10.4. The van der Waals surface area contributed by atoms with Gasteiger partial charge in [-0.05, 0) is 44.4 Å². The summed E-state index contributed by atoms with van der Waals surface area (Å²) in [7, 11) is 3.78. The highest BCUT2D eigenvalue weighted by molar-refractivity contribution is 6.30. The zero-order valence-electron chi connectivity index (χ0n) is 17.9. The molecule has 2 heterocycles. The first kappa shape index (κ1) is 20.4. The van der Waals surface area contributed by atoms with Gasteiger partial charge < -0.3 is 19.5 Å². The first-order chi connectivity index (χ1) is 15.5. The number of nitrogens with zero attached hydrogens (tertiary/aromatic N) is 3. The van der Waals surface area contributed by atoms with E-state index < -0.39 is 6.10 Å². The molecule has 2 aromatic rings. The van der Waals surface area contributed by atoms with Crippen molar-refractivity contribution >= 4 is 34.0 Å². The quantitative estimate of drug-likeness (QED) is 0.703. The normalized spacial score (nSPS) is 18.6. The molecule has 32 heavy (non-hydrogen) atoms. The number of rotatable bonds is 6. The number of carbonyl (C=O) groups excluding carboxylic acids is 2. The van der Waals surface area contributed by atoms with Crippen molar-refractivity contribution in [3.05, 3.63) is 53.6 Å². The van der Waals surface area contributed by atoms with Crippen LogP contribution in [0.4, 0.5) is 5.69 Å². The van der Waals surface area contributed by atoms with Crippen LogP contribution in [0.3, 0.4) is 0 Å². The number of likely N-dealkylation sites (N-methyl/N-ethyl adjacent to an activating group) is 1. The summed E-state index contributed by atoms with van der Waals surface area (Å²) < 4.78 is 11.8. The van der Waals surface area contributed by atoms with E-state index in [9.17, 15) is 9.59 Å². The maximum absolute atomic E-state index is 13.4. The van der Waals surface area contributed by atoms with Crippen molar-refractivity contribution < 1.29 is 24.2 Å². The van der Waals surface area contributed by atoms with E-state index in [0.29, 0.717) is 40.1 Å². The number of aliphatic hydroxyl groups excluding tert-OH is 1. The Balaban J connectivity index is 1.73. The van der Waals surface area contributed by atoms with Crippen LogP contribution in [0.25, 0.3) is 10.8 Å². The molecular formula is C24H23N3O5. The number of amides is 2. The lowest BCUT2D eigenvalue weighted by molar-refractivity contribution is 0.0644. The topological polar surface area (TPSA) is 91.7 Å². The summed E-state index contributed by atoms with van der Waals surface area (Å²) in [6, 6.07) is 5.31. The van der Waals surface area contributed by atoms with E-state index in [0.717, 1.165) is 5.71 Å². The number of fused-ring (bicyclic) bond motifs is 7. The molecule has 0 saturated heterocycles. The number of hydrogen-bond donors (Lipinski definition) is 1. The third-order valence-electron chi connectivity index (χ3n) is 5.70. The molecular weight excluding hydrogens is 410 g/mol. The standard InChI is InChI=1S/C24H23N3O5/c1-26(2)9-10-27-23(29)19-16-13-14(31-12-11-28)7-8-15(16)21-22(20(19)24(27)30)32-18-6-4-3-5-17(18)25-21/h3-8,13,18,28H,9-12H2,1-2H3. The Morgan fingerprint density at radius 3 is 2.75 bits per heavy atom. The van der Waals surface area contributed by atoms with E-state index in [-0.39, 0.29) is 37.1 Å². The number of hydrogen-bond acceptors (Lipinski definition) is 7. The maximum atomic E-state index is 13.4. The molecule has 5 rings (SSSR count). The van der Waals surface area contributed by atoms with Crippen LogP contribution in [-0.2, 0) is 0 Å². The van der Waals surface area contributed by atoms with Crippen molar-refractivity contribution in [1.29, 1.82) is 0 Å². The second-order valence-electron chi connectivity index (χ2n) is 8.09. The number of benzene rings is 2. The second kappa shape index (κ2) is 7.89. The molecule has 1 N–H and O–H groups in total. The highest BCUT2D eigenvalue weighted by atomic mass is 16.5. The predicted octanol–water partition coefficient (Wildman–Crippen LogP) is 2.33. The molecule has 0 saturated carbocycles. The van der Waals surface area contributed by atoms with E-state index in [4.69, 9.17) is 19.6 Å². The summed E-state index contributed by atoms with van der Waals surface area (Å²) in [6.45, 7) is 0.830. The lowest BCUT2D eigenvalue weighted by Gasteiger charge is -2.26. The molecule has 0 fully saturated rings. The molecule has 0 aromatic heterocycles. The maximum Gasteiger partial charge on any atom is 0.265 e. The third kappa shape index (κ3) is 3.19. The molecule has 3 aliphatic rings. The van der Waals surface area contributed by atoms with Crippen LogP contribution in [0.15, 0.2) is 47.5 Å². The molecule has 2 aromatic carbocycles. The molecule has 1 aliphatic carbocycles. The predicted molar refractivity (Wildman–Crippen MR) is 120 cm³/mol. The Hall–Kier alpha value is -3.49. The molecule has 0 radical (unpaired) electrons. The average Bonchev–Trinajstić information content (AvgIpc) is 3.05. The minimum absolute atomic E-state index is 0.126. The zero-order valence-corrected chi connectivity index (χ0v) is 17.9. The van der Waals surface area contributed by atoms with Gasteiger partial charge in [-0.15, -0.1) is 0 Å². The van der Waals surface area contributed by atoms with Crippen LogP contribution >= 0.6 is 0 Å². The van der Waals surface area contributed by atoms with Crippen molar-refractivity contribution in [2.24, 2.45) is 4.99 Å². The summed E-state index contributed by atoms with van der Waals surface area (Å²) in [5.74, 6) is 0.122. The fourth-order valence-corrected chi connectivity index (χ4v) is 4.17. The van der Waals surface area contributed by atoms with E-state index in [2.05, 4.69) is 0 Å². The van der Waals surface area contributed by atoms with Gasteiger partial charge in [0.15, 0.2) is 11.9 Å². The molecule has 2 aliphatic heterocycles. The highest BCUT2D eigenvalue weighted by Gasteiger charge is 2.43. The summed E-state index contributed by atoms with van der Waals surface area (Å²) in [4.78, 5) is 34.8. The van der Waals surface area contributed by atoms with Crippen molar-refractivity contribution in [2.45, 2.75) is 6.10 Å². The highest BCUT2D eigenvalue weighted by Crippen LogP contribution is 2.48. The SMILES string of the molecule is CN(C)CCN1C(=O)c2c3c(c4ccc(OCCO)cc4c2C1=O)N=C1C=CC=CC1O3. The Morgan fingerprint density at radius 1 is 1.16 bits per heavy atom. The number of aliphatic imine (C=N–C) groups is 1. The fraction of sp³-hybridized carbons (Fsp3) is 0.292. The van der Waals surface area contributed by atoms with Crippen LogP contribution in [0.1, 0.15) is 20.7 Å². The number of allylic oxidation sites excluding steroid dienone is 2.